The summed E-state index contributed by atoms with van der Waals surface area (Å²) in [5.74, 6) is 1.12. The molecule has 0 saturated heterocycles. The van der Waals surface area contributed by atoms with E-state index in [-0.39, 0.29) is 11.9 Å². The number of halogens is 1. The molecule has 2 aromatic rings. The number of fused-ring (bicyclic) bond motifs is 1. The summed E-state index contributed by atoms with van der Waals surface area (Å²) in [6.45, 7) is 4.58. The molecule has 138 valence electrons. The highest BCUT2D eigenvalue weighted by molar-refractivity contribution is 6.35. The number of nitrogens with two attached hydrogens (primary N) is 2. The van der Waals surface area contributed by atoms with Crippen LogP contribution in [-0.4, -0.2) is 35.9 Å². The zero-order chi connectivity index (χ0) is 18.7. The van der Waals surface area contributed by atoms with Gasteiger partial charge >= 0.3 is 0 Å². The second-order valence-electron chi connectivity index (χ2n) is 6.36. The summed E-state index contributed by atoms with van der Waals surface area (Å²) >= 11 is 6.23. The van der Waals surface area contributed by atoms with Gasteiger partial charge in [0, 0.05) is 22.2 Å². The van der Waals surface area contributed by atoms with Crippen LogP contribution < -0.4 is 16.2 Å². The fraction of sp³-hybridized carbons (Fsp3) is 0.333. The van der Waals surface area contributed by atoms with E-state index in [0.29, 0.717) is 24.7 Å². The van der Waals surface area contributed by atoms with Crippen LogP contribution in [-0.2, 0) is 4.84 Å². The quantitative estimate of drug-likeness (QED) is 0.756. The van der Waals surface area contributed by atoms with Crippen LogP contribution in [0.15, 0.2) is 46.4 Å². The predicted octanol–water partition coefficient (Wildman–Crippen LogP) is 2.87. The first kappa shape index (κ1) is 18.3. The Bertz CT molecular complexity index is 866. The van der Waals surface area contributed by atoms with Gasteiger partial charge in [-0.05, 0) is 26.0 Å². The standard InChI is InChI=1S/C18H22ClN5O2/c1-18(2)23-16(20)22-17(21)24(18)26-11-5-10-25-15-9-8-14(19)12-6-3-4-7-13(12)15/h3-4,6-9H,5,10-11H2,1-2H3,(H4,20,21,22,23). The normalized spacial score (nSPS) is 16.3. The highest BCUT2D eigenvalue weighted by atomic mass is 35.5. The first-order valence-electron chi connectivity index (χ1n) is 8.31. The Labute approximate surface area is 157 Å². The molecule has 0 fully saturated rings. The molecule has 1 aliphatic rings. The molecule has 0 unspecified atom stereocenters. The van der Waals surface area contributed by atoms with Crippen molar-refractivity contribution < 1.29 is 9.57 Å². The van der Waals surface area contributed by atoms with Crippen LogP contribution in [0.1, 0.15) is 20.3 Å². The number of rotatable bonds is 6. The molecule has 1 aliphatic heterocycles. The van der Waals surface area contributed by atoms with Gasteiger partial charge in [0.15, 0.2) is 5.66 Å². The van der Waals surface area contributed by atoms with Crippen molar-refractivity contribution in [2.24, 2.45) is 21.5 Å². The van der Waals surface area contributed by atoms with E-state index in [1.807, 2.05) is 50.2 Å². The van der Waals surface area contributed by atoms with Crippen molar-refractivity contribution in [1.82, 2.24) is 5.06 Å². The SMILES string of the molecule is CC1(C)N=C(N)N=C(N)N1OCCCOc1ccc(Cl)c2ccccc12. The average molecular weight is 376 g/mol. The van der Waals surface area contributed by atoms with Gasteiger partial charge in [0.1, 0.15) is 5.75 Å². The fourth-order valence-corrected chi connectivity index (χ4v) is 3.00. The van der Waals surface area contributed by atoms with E-state index in [1.54, 1.807) is 0 Å². The Kier molecular flexibility index (Phi) is 5.20. The number of ether oxygens (including phenoxy) is 1. The van der Waals surface area contributed by atoms with Gasteiger partial charge in [-0.15, -0.1) is 0 Å². The third-order valence-corrected chi connectivity index (χ3v) is 4.25. The molecular formula is C18H22ClN5O2. The molecule has 0 saturated carbocycles. The molecule has 2 aromatic carbocycles. The molecule has 8 heteroatoms. The van der Waals surface area contributed by atoms with Crippen molar-refractivity contribution in [2.75, 3.05) is 13.2 Å². The largest absolute Gasteiger partial charge is 0.493 e. The molecule has 0 radical (unpaired) electrons. The van der Waals surface area contributed by atoms with Crippen molar-refractivity contribution in [3.05, 3.63) is 41.4 Å². The van der Waals surface area contributed by atoms with Gasteiger partial charge in [0.25, 0.3) is 0 Å². The van der Waals surface area contributed by atoms with Gasteiger partial charge in [-0.25, -0.2) is 4.99 Å². The van der Waals surface area contributed by atoms with Crippen LogP contribution in [0.4, 0.5) is 0 Å². The van der Waals surface area contributed by atoms with Gasteiger partial charge in [-0.2, -0.15) is 10.1 Å². The molecule has 0 amide bonds. The van der Waals surface area contributed by atoms with Gasteiger partial charge < -0.3 is 16.2 Å². The van der Waals surface area contributed by atoms with Crippen LogP contribution in [0.3, 0.4) is 0 Å². The fourth-order valence-electron chi connectivity index (χ4n) is 2.78. The minimum absolute atomic E-state index is 0.144. The van der Waals surface area contributed by atoms with Crippen molar-refractivity contribution in [1.29, 1.82) is 0 Å². The number of hydroxylamine groups is 2. The highest BCUT2D eigenvalue weighted by Gasteiger charge is 2.32. The Hall–Kier alpha value is -2.51. The zero-order valence-electron chi connectivity index (χ0n) is 14.8. The van der Waals surface area contributed by atoms with E-state index in [0.717, 1.165) is 16.5 Å². The molecule has 0 aliphatic carbocycles. The molecule has 3 rings (SSSR count). The van der Waals surface area contributed by atoms with E-state index in [4.69, 9.17) is 32.6 Å². The zero-order valence-corrected chi connectivity index (χ0v) is 15.5. The third kappa shape index (κ3) is 3.84. The summed E-state index contributed by atoms with van der Waals surface area (Å²) in [7, 11) is 0. The first-order valence-corrected chi connectivity index (χ1v) is 8.69. The summed E-state index contributed by atoms with van der Waals surface area (Å²) < 4.78 is 5.89. The number of benzene rings is 2. The lowest BCUT2D eigenvalue weighted by molar-refractivity contribution is -0.158. The highest BCUT2D eigenvalue weighted by Crippen LogP contribution is 2.31. The van der Waals surface area contributed by atoms with Gasteiger partial charge in [-0.1, -0.05) is 35.9 Å². The van der Waals surface area contributed by atoms with E-state index in [1.165, 1.54) is 5.06 Å². The van der Waals surface area contributed by atoms with E-state index < -0.39 is 5.66 Å². The summed E-state index contributed by atoms with van der Waals surface area (Å²) in [6, 6.07) is 11.6. The number of nitrogens with zero attached hydrogens (tertiary/aromatic N) is 3. The van der Waals surface area contributed by atoms with Gasteiger partial charge in [-0.3, -0.25) is 4.84 Å². The summed E-state index contributed by atoms with van der Waals surface area (Å²) in [5.41, 5.74) is 10.8. The molecule has 26 heavy (non-hydrogen) atoms. The van der Waals surface area contributed by atoms with Crippen molar-refractivity contribution >= 4 is 34.3 Å². The summed E-state index contributed by atoms with van der Waals surface area (Å²) in [4.78, 5) is 13.9. The monoisotopic (exact) mass is 375 g/mol. The van der Waals surface area contributed by atoms with Crippen molar-refractivity contribution in [3.63, 3.8) is 0 Å². The Morgan fingerprint density at radius 1 is 1.08 bits per heavy atom. The van der Waals surface area contributed by atoms with Crippen molar-refractivity contribution in [2.45, 2.75) is 25.9 Å². The number of aliphatic imine (C=N–C) groups is 2. The summed E-state index contributed by atoms with van der Waals surface area (Å²) in [6.07, 6.45) is 0.663. The lowest BCUT2D eigenvalue weighted by Crippen LogP contribution is -2.53. The Morgan fingerprint density at radius 3 is 2.54 bits per heavy atom. The summed E-state index contributed by atoms with van der Waals surface area (Å²) in [5, 5.41) is 4.12. The minimum Gasteiger partial charge on any atom is -0.493 e. The molecule has 4 N–H and O–H groups in total. The van der Waals surface area contributed by atoms with E-state index in [9.17, 15) is 0 Å². The van der Waals surface area contributed by atoms with Crippen LogP contribution in [0, 0.1) is 0 Å². The minimum atomic E-state index is -0.705. The molecule has 0 aromatic heterocycles. The predicted molar refractivity (Wildman–Crippen MR) is 104 cm³/mol. The number of guanidine groups is 2. The molecule has 0 atom stereocenters. The maximum Gasteiger partial charge on any atom is 0.226 e. The van der Waals surface area contributed by atoms with Crippen molar-refractivity contribution in [3.8, 4) is 5.75 Å². The first-order chi connectivity index (χ1) is 12.4. The molecule has 0 spiro atoms. The van der Waals surface area contributed by atoms with Crippen LogP contribution in [0.5, 0.6) is 5.75 Å². The van der Waals surface area contributed by atoms with Gasteiger partial charge in [0.2, 0.25) is 11.9 Å². The topological polar surface area (TPSA) is 98.5 Å². The Morgan fingerprint density at radius 2 is 1.81 bits per heavy atom. The van der Waals surface area contributed by atoms with Crippen LogP contribution >= 0.6 is 11.6 Å². The lowest BCUT2D eigenvalue weighted by Gasteiger charge is -2.36. The Balaban J connectivity index is 1.54. The maximum atomic E-state index is 6.23. The van der Waals surface area contributed by atoms with Gasteiger partial charge in [0.05, 0.1) is 13.2 Å². The average Bonchev–Trinajstić information content (AvgIpc) is 2.58. The molecule has 1 heterocycles. The number of hydrogen-bond acceptors (Lipinski definition) is 7. The molecule has 0 bridgehead atoms. The smallest absolute Gasteiger partial charge is 0.226 e. The molecular weight excluding hydrogens is 354 g/mol. The second-order valence-corrected chi connectivity index (χ2v) is 6.76. The second kappa shape index (κ2) is 7.39. The third-order valence-electron chi connectivity index (χ3n) is 3.92. The maximum absolute atomic E-state index is 6.23. The number of hydrogen-bond donors (Lipinski definition) is 2. The molecule has 7 nitrogen and oxygen atoms in total. The van der Waals surface area contributed by atoms with Crippen LogP contribution in [0.2, 0.25) is 5.02 Å². The van der Waals surface area contributed by atoms with E-state index >= 15 is 0 Å². The van der Waals surface area contributed by atoms with E-state index in [2.05, 4.69) is 9.98 Å². The van der Waals surface area contributed by atoms with Crippen LogP contribution in [0.25, 0.3) is 10.8 Å². The lowest BCUT2D eigenvalue weighted by atomic mass is 10.1.